The number of ether oxygens (including phenoxy) is 1. The topological polar surface area (TPSA) is 81.4 Å². The van der Waals surface area contributed by atoms with Crippen molar-refractivity contribution >= 4 is 11.8 Å². The highest BCUT2D eigenvalue weighted by atomic mass is 19.1. The van der Waals surface area contributed by atoms with Crippen LogP contribution in [-0.4, -0.2) is 33.9 Å². The van der Waals surface area contributed by atoms with Gasteiger partial charge < -0.3 is 9.15 Å². The van der Waals surface area contributed by atoms with Crippen molar-refractivity contribution in [3.05, 3.63) is 48.2 Å². The van der Waals surface area contributed by atoms with Crippen LogP contribution in [0.2, 0.25) is 0 Å². The minimum Gasteiger partial charge on any atom is -0.444 e. The van der Waals surface area contributed by atoms with Gasteiger partial charge in [-0.1, -0.05) is 6.07 Å². The number of carbonyl (C=O) groups excluding carboxylic acids is 1. The molecule has 26 heavy (non-hydrogen) atoms. The third-order valence-electron chi connectivity index (χ3n) is 4.05. The number of benzene rings is 1. The van der Waals surface area contributed by atoms with E-state index in [9.17, 15) is 9.18 Å². The maximum absolute atomic E-state index is 14.6. The first-order valence-corrected chi connectivity index (χ1v) is 8.06. The maximum Gasteiger partial charge on any atom is 0.414 e. The van der Waals surface area contributed by atoms with Gasteiger partial charge in [0.2, 0.25) is 5.89 Å². The lowest BCUT2D eigenvalue weighted by molar-refractivity contribution is 0.150. The predicted molar refractivity (Wildman–Crippen MR) is 90.9 cm³/mol. The quantitative estimate of drug-likeness (QED) is 0.715. The fourth-order valence-electron chi connectivity index (χ4n) is 2.80. The number of pyridine rings is 1. The van der Waals surface area contributed by atoms with Crippen LogP contribution in [0.25, 0.3) is 22.7 Å². The van der Waals surface area contributed by atoms with Gasteiger partial charge >= 0.3 is 6.09 Å². The van der Waals surface area contributed by atoms with Gasteiger partial charge in [-0.2, -0.15) is 0 Å². The molecule has 0 spiro atoms. The van der Waals surface area contributed by atoms with Crippen molar-refractivity contribution in [2.45, 2.75) is 20.0 Å². The summed E-state index contributed by atoms with van der Waals surface area (Å²) < 4.78 is 25.0. The van der Waals surface area contributed by atoms with Crippen LogP contribution in [0.3, 0.4) is 0 Å². The summed E-state index contributed by atoms with van der Waals surface area (Å²) in [5.74, 6) is 0.312. The maximum atomic E-state index is 14.6. The first-order valence-electron chi connectivity index (χ1n) is 8.06. The Hall–Kier alpha value is -3.29. The van der Waals surface area contributed by atoms with Gasteiger partial charge in [-0.25, -0.2) is 9.18 Å². The number of nitrogens with zero attached hydrogens (tertiary/aromatic N) is 4. The van der Waals surface area contributed by atoms with Crippen molar-refractivity contribution in [2.24, 2.45) is 0 Å². The molecule has 1 aliphatic rings. The van der Waals surface area contributed by atoms with Crippen molar-refractivity contribution in [3.8, 4) is 22.7 Å². The van der Waals surface area contributed by atoms with Gasteiger partial charge in [0.1, 0.15) is 17.6 Å². The average Bonchev–Trinajstić information content (AvgIpc) is 3.20. The van der Waals surface area contributed by atoms with Gasteiger partial charge in [0.05, 0.1) is 12.2 Å². The third-order valence-corrected chi connectivity index (χ3v) is 4.05. The normalized spacial score (nSPS) is 16.8. The Morgan fingerprint density at radius 2 is 2.08 bits per heavy atom. The van der Waals surface area contributed by atoms with Gasteiger partial charge in [0, 0.05) is 24.2 Å². The zero-order chi connectivity index (χ0) is 18.3. The number of aromatic nitrogens is 3. The van der Waals surface area contributed by atoms with Crippen LogP contribution in [0, 0.1) is 12.7 Å². The standard InChI is InChI=1S/C18H15FN4O3/c1-10-9-23(18(24)25-10)13-4-5-14(15(19)7-13)12-3-6-16(20-8-12)17-22-21-11(2)26-17/h3-8,10H,9H2,1-2H3/t10-/m1/s1. The molecule has 1 aromatic carbocycles. The molecule has 0 saturated carbocycles. The van der Waals surface area contributed by atoms with E-state index in [2.05, 4.69) is 15.2 Å². The molecule has 8 heteroatoms. The lowest BCUT2D eigenvalue weighted by atomic mass is 10.1. The number of carbonyl (C=O) groups is 1. The Morgan fingerprint density at radius 1 is 1.23 bits per heavy atom. The minimum atomic E-state index is -0.467. The molecular formula is C18H15FN4O3. The number of aryl methyl sites for hydroxylation is 1. The SMILES string of the molecule is Cc1nnc(-c2ccc(-c3ccc(N4C[C@@H](C)OC4=O)cc3F)cn2)o1. The highest BCUT2D eigenvalue weighted by molar-refractivity contribution is 5.90. The largest absolute Gasteiger partial charge is 0.444 e. The Labute approximate surface area is 148 Å². The summed E-state index contributed by atoms with van der Waals surface area (Å²) in [6, 6.07) is 8.05. The van der Waals surface area contributed by atoms with Gasteiger partial charge in [0.15, 0.2) is 0 Å². The second-order valence-electron chi connectivity index (χ2n) is 6.03. The van der Waals surface area contributed by atoms with Crippen LogP contribution in [0.15, 0.2) is 40.9 Å². The van der Waals surface area contributed by atoms with Crippen LogP contribution in [-0.2, 0) is 4.74 Å². The molecule has 7 nitrogen and oxygen atoms in total. The zero-order valence-corrected chi connectivity index (χ0v) is 14.1. The molecule has 1 aliphatic heterocycles. The second kappa shape index (κ2) is 6.21. The van der Waals surface area contributed by atoms with E-state index in [-0.39, 0.29) is 6.10 Å². The van der Waals surface area contributed by atoms with E-state index in [0.29, 0.717) is 40.8 Å². The van der Waals surface area contributed by atoms with Gasteiger partial charge in [-0.15, -0.1) is 10.2 Å². The fraction of sp³-hybridized carbons (Fsp3) is 0.222. The van der Waals surface area contributed by atoms with Crippen LogP contribution in [0.1, 0.15) is 12.8 Å². The Kier molecular flexibility index (Phi) is 3.87. The summed E-state index contributed by atoms with van der Waals surface area (Å²) >= 11 is 0. The molecule has 0 radical (unpaired) electrons. The molecular weight excluding hydrogens is 339 g/mol. The summed E-state index contributed by atoms with van der Waals surface area (Å²) in [7, 11) is 0. The number of halogens is 1. The molecule has 1 fully saturated rings. The number of amides is 1. The molecule has 1 atom stereocenters. The highest BCUT2D eigenvalue weighted by Crippen LogP contribution is 2.29. The minimum absolute atomic E-state index is 0.213. The third kappa shape index (κ3) is 2.90. The molecule has 132 valence electrons. The summed E-state index contributed by atoms with van der Waals surface area (Å²) in [4.78, 5) is 17.4. The van der Waals surface area contributed by atoms with Crippen LogP contribution in [0.4, 0.5) is 14.9 Å². The molecule has 4 rings (SSSR count). The first kappa shape index (κ1) is 16.2. The predicted octanol–water partition coefficient (Wildman–Crippen LogP) is 3.59. The molecule has 0 bridgehead atoms. The summed E-state index contributed by atoms with van der Waals surface area (Å²) in [6.45, 7) is 3.89. The smallest absolute Gasteiger partial charge is 0.414 e. The summed E-state index contributed by atoms with van der Waals surface area (Å²) in [5.41, 5.74) is 1.97. The van der Waals surface area contributed by atoms with Gasteiger partial charge in [-0.3, -0.25) is 9.88 Å². The summed E-state index contributed by atoms with van der Waals surface area (Å²) in [5, 5.41) is 7.66. The van der Waals surface area contributed by atoms with Crippen molar-refractivity contribution in [1.82, 2.24) is 15.2 Å². The molecule has 0 N–H and O–H groups in total. The van der Waals surface area contributed by atoms with Crippen molar-refractivity contribution < 1.29 is 18.3 Å². The Balaban J connectivity index is 1.61. The first-order chi connectivity index (χ1) is 12.5. The van der Waals surface area contributed by atoms with Crippen molar-refractivity contribution in [3.63, 3.8) is 0 Å². The highest BCUT2D eigenvalue weighted by Gasteiger charge is 2.29. The summed E-state index contributed by atoms with van der Waals surface area (Å²) in [6.07, 6.45) is 0.861. The number of anilines is 1. The number of rotatable bonds is 3. The molecule has 0 aliphatic carbocycles. The van der Waals surface area contributed by atoms with E-state index in [1.54, 1.807) is 44.3 Å². The van der Waals surface area contributed by atoms with Crippen LogP contribution >= 0.6 is 0 Å². The lowest BCUT2D eigenvalue weighted by Gasteiger charge is -2.14. The van der Waals surface area contributed by atoms with E-state index < -0.39 is 11.9 Å². The van der Waals surface area contributed by atoms with Gasteiger partial charge in [0.25, 0.3) is 5.89 Å². The van der Waals surface area contributed by atoms with Gasteiger partial charge in [-0.05, 0) is 31.2 Å². The van der Waals surface area contributed by atoms with E-state index in [1.807, 2.05) is 0 Å². The van der Waals surface area contributed by atoms with Crippen molar-refractivity contribution in [2.75, 3.05) is 11.4 Å². The molecule has 1 saturated heterocycles. The van der Waals surface area contributed by atoms with Crippen molar-refractivity contribution in [1.29, 1.82) is 0 Å². The van der Waals surface area contributed by atoms with Crippen LogP contribution in [0.5, 0.6) is 0 Å². The Bertz CT molecular complexity index is 971. The molecule has 3 aromatic rings. The molecule has 1 amide bonds. The van der Waals surface area contributed by atoms with E-state index in [1.165, 1.54) is 11.0 Å². The van der Waals surface area contributed by atoms with E-state index >= 15 is 0 Å². The van der Waals surface area contributed by atoms with E-state index in [0.717, 1.165) is 0 Å². The number of hydrogen-bond acceptors (Lipinski definition) is 6. The number of cyclic esters (lactones) is 1. The Morgan fingerprint density at radius 3 is 2.65 bits per heavy atom. The monoisotopic (exact) mass is 354 g/mol. The van der Waals surface area contributed by atoms with Crippen LogP contribution < -0.4 is 4.90 Å². The fourth-order valence-corrected chi connectivity index (χ4v) is 2.80. The van der Waals surface area contributed by atoms with E-state index in [4.69, 9.17) is 9.15 Å². The molecule has 0 unspecified atom stereocenters. The molecule has 2 aromatic heterocycles. The second-order valence-corrected chi connectivity index (χ2v) is 6.03. The molecule has 3 heterocycles. The average molecular weight is 354 g/mol. The zero-order valence-electron chi connectivity index (χ0n) is 14.1. The number of hydrogen-bond donors (Lipinski definition) is 0. The lowest BCUT2D eigenvalue weighted by Crippen LogP contribution is -2.24.